The monoisotopic (exact) mass is 294 g/mol. The third-order valence-electron chi connectivity index (χ3n) is 4.47. The van der Waals surface area contributed by atoms with E-state index < -0.39 is 11.9 Å². The zero-order valence-electron chi connectivity index (χ0n) is 12.9. The van der Waals surface area contributed by atoms with Gasteiger partial charge in [-0.1, -0.05) is 0 Å². The van der Waals surface area contributed by atoms with Crippen molar-refractivity contribution < 1.29 is 14.6 Å². The van der Waals surface area contributed by atoms with Gasteiger partial charge in [0.25, 0.3) is 0 Å². The lowest BCUT2D eigenvalue weighted by molar-refractivity contribution is -0.138. The molecule has 1 heterocycles. The second-order valence-corrected chi connectivity index (χ2v) is 5.68. The highest BCUT2D eigenvalue weighted by Gasteiger charge is 2.32. The summed E-state index contributed by atoms with van der Waals surface area (Å²) in [4.78, 5) is 27.6. The van der Waals surface area contributed by atoms with E-state index in [9.17, 15) is 14.7 Å². The lowest BCUT2D eigenvalue weighted by Gasteiger charge is -2.25. The van der Waals surface area contributed by atoms with Crippen LogP contribution in [0.15, 0.2) is 4.79 Å². The van der Waals surface area contributed by atoms with Gasteiger partial charge in [0.15, 0.2) is 0 Å². The molecule has 0 spiro atoms. The number of hydrogen-bond acceptors (Lipinski definition) is 4. The Morgan fingerprint density at radius 1 is 1.43 bits per heavy atom. The van der Waals surface area contributed by atoms with Crippen LogP contribution in [0.25, 0.3) is 0 Å². The summed E-state index contributed by atoms with van der Waals surface area (Å²) in [6, 6.07) is -0.0599. The predicted octanol–water partition coefficient (Wildman–Crippen LogP) is 1.79. The van der Waals surface area contributed by atoms with Gasteiger partial charge >= 0.3 is 11.7 Å². The Hall–Kier alpha value is -1.69. The number of carboxylic acid groups (broad SMARTS) is 1. The van der Waals surface area contributed by atoms with E-state index >= 15 is 0 Å². The molecule has 1 N–H and O–H groups in total. The second-order valence-electron chi connectivity index (χ2n) is 5.68. The SMILES string of the molecule is COC1CCCC1n1c(C)c(C(C)C(=O)O)c(C)nc1=O. The van der Waals surface area contributed by atoms with E-state index in [2.05, 4.69) is 4.98 Å². The normalized spacial score (nSPS) is 23.2. The number of aromatic nitrogens is 2. The highest BCUT2D eigenvalue weighted by atomic mass is 16.5. The van der Waals surface area contributed by atoms with Crippen LogP contribution < -0.4 is 5.69 Å². The van der Waals surface area contributed by atoms with Gasteiger partial charge in [-0.2, -0.15) is 4.98 Å². The molecule has 116 valence electrons. The van der Waals surface area contributed by atoms with Crippen molar-refractivity contribution in [2.24, 2.45) is 0 Å². The molecule has 1 saturated carbocycles. The van der Waals surface area contributed by atoms with E-state index in [0.717, 1.165) is 19.3 Å². The first kappa shape index (κ1) is 15.7. The topological polar surface area (TPSA) is 81.4 Å². The first-order valence-corrected chi connectivity index (χ1v) is 7.23. The molecule has 0 amide bonds. The molecule has 3 atom stereocenters. The summed E-state index contributed by atoms with van der Waals surface area (Å²) >= 11 is 0. The van der Waals surface area contributed by atoms with Gasteiger partial charge in [0.2, 0.25) is 0 Å². The highest BCUT2D eigenvalue weighted by molar-refractivity contribution is 5.76. The molecule has 21 heavy (non-hydrogen) atoms. The summed E-state index contributed by atoms with van der Waals surface area (Å²) in [5, 5.41) is 9.27. The molecule has 1 aliphatic rings. The first-order valence-electron chi connectivity index (χ1n) is 7.23. The largest absolute Gasteiger partial charge is 0.481 e. The molecular formula is C15H22N2O4. The van der Waals surface area contributed by atoms with Gasteiger partial charge < -0.3 is 9.84 Å². The summed E-state index contributed by atoms with van der Waals surface area (Å²) < 4.78 is 7.09. The molecule has 6 heteroatoms. The molecule has 1 aliphatic carbocycles. The van der Waals surface area contributed by atoms with Crippen LogP contribution in [-0.4, -0.2) is 33.8 Å². The number of hydrogen-bond donors (Lipinski definition) is 1. The van der Waals surface area contributed by atoms with Crippen LogP contribution in [0, 0.1) is 13.8 Å². The minimum atomic E-state index is -0.914. The van der Waals surface area contributed by atoms with Crippen LogP contribution in [0.1, 0.15) is 55.1 Å². The van der Waals surface area contributed by atoms with Gasteiger partial charge in [-0.15, -0.1) is 0 Å². The van der Waals surface area contributed by atoms with E-state index in [1.165, 1.54) is 0 Å². The minimum absolute atomic E-state index is 0.0149. The maximum atomic E-state index is 12.3. The lowest BCUT2D eigenvalue weighted by Crippen LogP contribution is -2.35. The average Bonchev–Trinajstić information content (AvgIpc) is 2.86. The third kappa shape index (κ3) is 2.72. The van der Waals surface area contributed by atoms with Crippen LogP contribution in [-0.2, 0) is 9.53 Å². The fourth-order valence-electron chi connectivity index (χ4n) is 3.41. The Morgan fingerprint density at radius 3 is 2.67 bits per heavy atom. The third-order valence-corrected chi connectivity index (χ3v) is 4.47. The maximum Gasteiger partial charge on any atom is 0.348 e. The summed E-state index contributed by atoms with van der Waals surface area (Å²) in [5.74, 6) is -1.60. The molecule has 0 aliphatic heterocycles. The molecule has 1 aromatic heterocycles. The second kappa shape index (κ2) is 5.97. The maximum absolute atomic E-state index is 12.3. The Kier molecular flexibility index (Phi) is 4.46. The molecule has 1 aromatic rings. The Bertz CT molecular complexity index is 608. The number of aryl methyl sites for hydroxylation is 1. The lowest BCUT2D eigenvalue weighted by atomic mass is 9.97. The molecule has 6 nitrogen and oxygen atoms in total. The Morgan fingerprint density at radius 2 is 2.10 bits per heavy atom. The van der Waals surface area contributed by atoms with E-state index in [1.54, 1.807) is 32.4 Å². The van der Waals surface area contributed by atoms with Crippen molar-refractivity contribution in [2.75, 3.05) is 7.11 Å². The van der Waals surface area contributed by atoms with Gasteiger partial charge in [-0.3, -0.25) is 9.36 Å². The van der Waals surface area contributed by atoms with Gasteiger partial charge in [-0.05, 0) is 40.0 Å². The van der Waals surface area contributed by atoms with Crippen LogP contribution in [0.4, 0.5) is 0 Å². The van der Waals surface area contributed by atoms with Crippen LogP contribution in [0.2, 0.25) is 0 Å². The summed E-state index contributed by atoms with van der Waals surface area (Å²) in [5.41, 5.74) is 1.50. The number of aliphatic carboxylic acids is 1. The molecular weight excluding hydrogens is 272 g/mol. The number of methoxy groups -OCH3 is 1. The van der Waals surface area contributed by atoms with Crippen molar-refractivity contribution in [3.8, 4) is 0 Å². The first-order chi connectivity index (χ1) is 9.88. The highest BCUT2D eigenvalue weighted by Crippen LogP contribution is 2.33. The standard InChI is InChI=1S/C15H22N2O4/c1-8(14(18)19)13-9(2)16-15(20)17(10(13)3)11-6-5-7-12(11)21-4/h8,11-12H,5-7H2,1-4H3,(H,18,19). The van der Waals surface area contributed by atoms with Gasteiger partial charge in [0.1, 0.15) is 0 Å². The van der Waals surface area contributed by atoms with Crippen LogP contribution >= 0.6 is 0 Å². The average molecular weight is 294 g/mol. The zero-order valence-corrected chi connectivity index (χ0v) is 12.9. The van der Waals surface area contributed by atoms with Crippen molar-refractivity contribution in [1.29, 1.82) is 0 Å². The van der Waals surface area contributed by atoms with Crippen LogP contribution in [0.3, 0.4) is 0 Å². The molecule has 0 bridgehead atoms. The van der Waals surface area contributed by atoms with E-state index in [4.69, 9.17) is 4.74 Å². The Labute approximate surface area is 123 Å². The predicted molar refractivity (Wildman–Crippen MR) is 77.7 cm³/mol. The molecule has 3 unspecified atom stereocenters. The van der Waals surface area contributed by atoms with Gasteiger partial charge in [0.05, 0.1) is 18.1 Å². The smallest absolute Gasteiger partial charge is 0.348 e. The van der Waals surface area contributed by atoms with E-state index in [-0.39, 0.29) is 17.8 Å². The van der Waals surface area contributed by atoms with Crippen molar-refractivity contribution in [3.05, 3.63) is 27.4 Å². The van der Waals surface area contributed by atoms with Crippen molar-refractivity contribution in [2.45, 2.75) is 58.1 Å². The van der Waals surface area contributed by atoms with E-state index in [1.807, 2.05) is 0 Å². The van der Waals surface area contributed by atoms with Crippen molar-refractivity contribution >= 4 is 5.97 Å². The number of rotatable bonds is 4. The van der Waals surface area contributed by atoms with Gasteiger partial charge in [-0.25, -0.2) is 4.79 Å². The number of carboxylic acids is 1. The summed E-state index contributed by atoms with van der Waals surface area (Å²) in [6.45, 7) is 5.11. The molecule has 0 radical (unpaired) electrons. The quantitative estimate of drug-likeness (QED) is 0.915. The fourth-order valence-corrected chi connectivity index (χ4v) is 3.41. The summed E-state index contributed by atoms with van der Waals surface area (Å²) in [7, 11) is 1.64. The summed E-state index contributed by atoms with van der Waals surface area (Å²) in [6.07, 6.45) is 2.74. The molecule has 2 rings (SSSR count). The zero-order chi connectivity index (χ0) is 15.7. The van der Waals surface area contributed by atoms with Gasteiger partial charge in [0, 0.05) is 24.1 Å². The van der Waals surface area contributed by atoms with E-state index in [0.29, 0.717) is 17.0 Å². The minimum Gasteiger partial charge on any atom is -0.481 e. The van der Waals surface area contributed by atoms with Crippen LogP contribution in [0.5, 0.6) is 0 Å². The molecule has 0 aromatic carbocycles. The number of carbonyl (C=O) groups is 1. The molecule has 1 fully saturated rings. The van der Waals surface area contributed by atoms with Crippen molar-refractivity contribution in [3.63, 3.8) is 0 Å². The Balaban J connectivity index is 2.59. The fraction of sp³-hybridized carbons (Fsp3) is 0.667. The number of nitrogens with zero attached hydrogens (tertiary/aromatic N) is 2. The molecule has 0 saturated heterocycles. The van der Waals surface area contributed by atoms with Crippen molar-refractivity contribution in [1.82, 2.24) is 9.55 Å². The number of ether oxygens (including phenoxy) is 1.